The topological polar surface area (TPSA) is 9.23 Å². The summed E-state index contributed by atoms with van der Waals surface area (Å²) in [6, 6.07) is 0. The van der Waals surface area contributed by atoms with Crippen LogP contribution in [-0.4, -0.2) is 13.2 Å². The van der Waals surface area contributed by atoms with Gasteiger partial charge in [-0.25, -0.2) is 0 Å². The monoisotopic (exact) mass is 139 g/mol. The second-order valence-corrected chi connectivity index (χ2v) is 2.24. The lowest BCUT2D eigenvalue weighted by atomic mass is 10.1. The van der Waals surface area contributed by atoms with Gasteiger partial charge in [-0.1, -0.05) is 13.3 Å². The normalized spacial score (nSPS) is 12.5. The number of methoxy groups -OCH3 is 1. The van der Waals surface area contributed by atoms with E-state index >= 15 is 0 Å². The summed E-state index contributed by atoms with van der Waals surface area (Å²) in [7, 11) is 1.72. The van der Waals surface area contributed by atoms with E-state index in [0.717, 1.165) is 25.7 Å². The Balaban J connectivity index is 3.32. The number of rotatable bonds is 5. The van der Waals surface area contributed by atoms with E-state index < -0.39 is 0 Å². The average Bonchev–Trinajstić information content (AvgIpc) is 1.98. The molecule has 0 heterocycles. The van der Waals surface area contributed by atoms with Crippen molar-refractivity contribution in [2.45, 2.75) is 31.8 Å². The summed E-state index contributed by atoms with van der Waals surface area (Å²) in [5.41, 5.74) is 0. The minimum absolute atomic E-state index is 0.313. The zero-order valence-corrected chi connectivity index (χ0v) is 6.60. The molecular formula is C9H15O. The SMILES string of the molecule is C#CCCC(CC[CH2])OC. The van der Waals surface area contributed by atoms with Crippen LogP contribution in [0.1, 0.15) is 25.7 Å². The average molecular weight is 139 g/mol. The van der Waals surface area contributed by atoms with Gasteiger partial charge in [-0.2, -0.15) is 0 Å². The van der Waals surface area contributed by atoms with Gasteiger partial charge in [-0.05, 0) is 12.8 Å². The maximum absolute atomic E-state index is 5.16. The van der Waals surface area contributed by atoms with Gasteiger partial charge in [0, 0.05) is 13.5 Å². The number of terminal acetylenes is 1. The zero-order valence-electron chi connectivity index (χ0n) is 6.60. The van der Waals surface area contributed by atoms with Crippen LogP contribution in [0.2, 0.25) is 0 Å². The third-order valence-electron chi connectivity index (χ3n) is 1.47. The molecule has 0 spiro atoms. The van der Waals surface area contributed by atoms with Crippen LogP contribution in [0.5, 0.6) is 0 Å². The maximum atomic E-state index is 5.16. The van der Waals surface area contributed by atoms with Gasteiger partial charge in [0.2, 0.25) is 0 Å². The lowest BCUT2D eigenvalue weighted by molar-refractivity contribution is 0.0900. The van der Waals surface area contributed by atoms with Gasteiger partial charge in [0.05, 0.1) is 6.10 Å². The number of hydrogen-bond donors (Lipinski definition) is 0. The Morgan fingerprint density at radius 3 is 2.70 bits per heavy atom. The van der Waals surface area contributed by atoms with E-state index in [9.17, 15) is 0 Å². The van der Waals surface area contributed by atoms with Gasteiger partial charge >= 0.3 is 0 Å². The van der Waals surface area contributed by atoms with Crippen LogP contribution in [0, 0.1) is 19.3 Å². The molecule has 57 valence electrons. The molecule has 0 amide bonds. The summed E-state index contributed by atoms with van der Waals surface area (Å²) in [5.74, 6) is 2.59. The fourth-order valence-electron chi connectivity index (χ4n) is 0.852. The molecule has 1 atom stereocenters. The fourth-order valence-corrected chi connectivity index (χ4v) is 0.852. The lowest BCUT2D eigenvalue weighted by Gasteiger charge is -2.11. The van der Waals surface area contributed by atoms with Gasteiger partial charge in [0.25, 0.3) is 0 Å². The molecule has 0 aromatic heterocycles. The summed E-state index contributed by atoms with van der Waals surface area (Å²) in [5, 5.41) is 0. The summed E-state index contributed by atoms with van der Waals surface area (Å²) in [6.07, 6.45) is 9.12. The first-order chi connectivity index (χ1) is 4.85. The Morgan fingerprint density at radius 2 is 2.30 bits per heavy atom. The molecule has 0 saturated heterocycles. The van der Waals surface area contributed by atoms with E-state index in [0.29, 0.717) is 6.10 Å². The van der Waals surface area contributed by atoms with Crippen LogP contribution in [0.3, 0.4) is 0 Å². The van der Waals surface area contributed by atoms with Crippen LogP contribution < -0.4 is 0 Å². The molecule has 0 aromatic carbocycles. The van der Waals surface area contributed by atoms with Crippen molar-refractivity contribution in [3.8, 4) is 12.3 Å². The maximum Gasteiger partial charge on any atom is 0.0580 e. The quantitative estimate of drug-likeness (QED) is 0.529. The first-order valence-corrected chi connectivity index (χ1v) is 3.60. The van der Waals surface area contributed by atoms with Gasteiger partial charge < -0.3 is 4.74 Å². The molecule has 0 aliphatic rings. The summed E-state index contributed by atoms with van der Waals surface area (Å²) in [6.45, 7) is 3.75. The smallest absolute Gasteiger partial charge is 0.0580 e. The van der Waals surface area contributed by atoms with E-state index in [2.05, 4.69) is 12.8 Å². The van der Waals surface area contributed by atoms with E-state index in [1.807, 2.05) is 0 Å². The first-order valence-electron chi connectivity index (χ1n) is 3.60. The fraction of sp³-hybridized carbons (Fsp3) is 0.667. The number of ether oxygens (including phenoxy) is 1. The summed E-state index contributed by atoms with van der Waals surface area (Å²) in [4.78, 5) is 0. The Kier molecular flexibility index (Phi) is 6.32. The molecule has 1 heteroatoms. The second kappa shape index (κ2) is 6.64. The van der Waals surface area contributed by atoms with Crippen molar-refractivity contribution in [1.29, 1.82) is 0 Å². The predicted molar refractivity (Wildman–Crippen MR) is 43.5 cm³/mol. The molecule has 1 unspecified atom stereocenters. The molecular weight excluding hydrogens is 124 g/mol. The van der Waals surface area contributed by atoms with E-state index in [1.165, 1.54) is 0 Å². The van der Waals surface area contributed by atoms with Crippen molar-refractivity contribution in [2.24, 2.45) is 0 Å². The van der Waals surface area contributed by atoms with Gasteiger partial charge in [0.15, 0.2) is 0 Å². The second-order valence-electron chi connectivity index (χ2n) is 2.24. The highest BCUT2D eigenvalue weighted by Gasteiger charge is 2.02. The summed E-state index contributed by atoms with van der Waals surface area (Å²) < 4.78 is 5.16. The van der Waals surface area contributed by atoms with Crippen molar-refractivity contribution < 1.29 is 4.74 Å². The van der Waals surface area contributed by atoms with Crippen molar-refractivity contribution in [1.82, 2.24) is 0 Å². The van der Waals surface area contributed by atoms with Crippen molar-refractivity contribution in [2.75, 3.05) is 7.11 Å². The molecule has 10 heavy (non-hydrogen) atoms. The molecule has 0 aliphatic heterocycles. The minimum Gasteiger partial charge on any atom is -0.381 e. The van der Waals surface area contributed by atoms with Crippen LogP contribution in [0.4, 0.5) is 0 Å². The molecule has 0 rings (SSSR count). The van der Waals surface area contributed by atoms with Crippen LogP contribution in [0.15, 0.2) is 0 Å². The van der Waals surface area contributed by atoms with Crippen LogP contribution >= 0.6 is 0 Å². The molecule has 0 fully saturated rings. The minimum atomic E-state index is 0.313. The predicted octanol–water partition coefficient (Wildman–Crippen LogP) is 2.03. The molecule has 0 saturated carbocycles. The highest BCUT2D eigenvalue weighted by Crippen LogP contribution is 2.06. The Hall–Kier alpha value is -0.480. The van der Waals surface area contributed by atoms with Crippen LogP contribution in [0.25, 0.3) is 0 Å². The van der Waals surface area contributed by atoms with Crippen molar-refractivity contribution >= 4 is 0 Å². The standard InChI is InChI=1S/C9H15O/c1-4-6-8-9(10-3)7-5-2/h1,9H,2,5-8H2,3H3. The van der Waals surface area contributed by atoms with E-state index in [1.54, 1.807) is 7.11 Å². The highest BCUT2D eigenvalue weighted by atomic mass is 16.5. The van der Waals surface area contributed by atoms with Crippen molar-refractivity contribution in [3.63, 3.8) is 0 Å². The highest BCUT2D eigenvalue weighted by molar-refractivity contribution is 4.84. The first kappa shape index (κ1) is 9.52. The molecule has 0 N–H and O–H groups in total. The molecule has 1 radical (unpaired) electrons. The third-order valence-corrected chi connectivity index (χ3v) is 1.47. The third kappa shape index (κ3) is 4.40. The zero-order chi connectivity index (χ0) is 7.82. The largest absolute Gasteiger partial charge is 0.381 e. The van der Waals surface area contributed by atoms with Crippen molar-refractivity contribution in [3.05, 3.63) is 6.92 Å². The summed E-state index contributed by atoms with van der Waals surface area (Å²) >= 11 is 0. The van der Waals surface area contributed by atoms with E-state index in [4.69, 9.17) is 11.2 Å². The Labute approximate surface area is 63.8 Å². The molecule has 0 aromatic rings. The van der Waals surface area contributed by atoms with Gasteiger partial charge in [-0.3, -0.25) is 0 Å². The van der Waals surface area contributed by atoms with Gasteiger partial charge in [0.1, 0.15) is 0 Å². The number of hydrogen-bond acceptors (Lipinski definition) is 1. The Bertz CT molecular complexity index is 102. The Morgan fingerprint density at radius 1 is 1.60 bits per heavy atom. The molecule has 0 bridgehead atoms. The van der Waals surface area contributed by atoms with E-state index in [-0.39, 0.29) is 0 Å². The van der Waals surface area contributed by atoms with Gasteiger partial charge in [-0.15, -0.1) is 12.3 Å². The van der Waals surface area contributed by atoms with Crippen LogP contribution in [-0.2, 0) is 4.74 Å². The lowest BCUT2D eigenvalue weighted by Crippen LogP contribution is -2.09. The molecule has 1 nitrogen and oxygen atoms in total. The molecule has 0 aliphatic carbocycles.